The number of anilines is 3. The van der Waals surface area contributed by atoms with Crippen molar-refractivity contribution in [2.75, 3.05) is 75.0 Å². The quantitative estimate of drug-likeness (QED) is 0.0364. The van der Waals surface area contributed by atoms with Gasteiger partial charge in [-0.3, -0.25) is 53.4 Å². The molecule has 15 rings (SSSR count). The van der Waals surface area contributed by atoms with Gasteiger partial charge in [0, 0.05) is 135 Å². The van der Waals surface area contributed by atoms with Gasteiger partial charge in [-0.25, -0.2) is 22.0 Å². The number of nitrogens with one attached hydrogen (secondary N) is 3. The van der Waals surface area contributed by atoms with Crippen LogP contribution in [0.4, 0.5) is 39.0 Å². The SMILES string of the molecule is Cn1cc([C@@H]2C[C@H]2C(=O)Nc2ccnc(-c3ccc(O[C@H]4CCN(C(=O)CO)CC4(F)F)c(C#N)c3)c2)cn1.N#Cc1cc(-c2cc(NC(=O)[C@@H]3C[C@H]3c3cccnc3)ccn2)ccc1O[C@H]1CCN(C(=O)CO)CC1(F)F.N#Cc1cc(-c2cccc(NC(=O)[C@@H]3C[C@H]3c3cccnc3)c2)ccc1O[C@H]1CCN(C(=O)CO)C[C@H]1F. The second-order valence-electron chi connectivity index (χ2n) is 29.0. The number of piperidine rings is 3. The molecule has 6 aliphatic rings. The number of aliphatic hydroxyl groups excluding tert-OH is 3. The summed E-state index contributed by atoms with van der Waals surface area (Å²) >= 11 is 0. The van der Waals surface area contributed by atoms with Crippen LogP contribution in [0.1, 0.15) is 89.7 Å². The van der Waals surface area contributed by atoms with Crippen LogP contribution in [0.25, 0.3) is 33.6 Å². The number of benzene rings is 4. The summed E-state index contributed by atoms with van der Waals surface area (Å²) in [5.74, 6) is -8.67. The summed E-state index contributed by atoms with van der Waals surface area (Å²) in [6, 6.07) is 42.0. The Morgan fingerprint density at radius 2 is 0.914 bits per heavy atom. The van der Waals surface area contributed by atoms with E-state index in [1.807, 2.05) is 73.9 Å². The van der Waals surface area contributed by atoms with Gasteiger partial charge in [0.1, 0.15) is 61.4 Å². The zero-order valence-electron chi connectivity index (χ0n) is 62.4. The average Bonchev–Trinajstić information content (AvgIpc) is 1.24. The number of aliphatic hydroxyl groups is 3. The van der Waals surface area contributed by atoms with Gasteiger partial charge in [-0.1, -0.05) is 30.3 Å². The fraction of sp³-hybridized carbons (Fsp3) is 0.333. The van der Waals surface area contributed by atoms with Gasteiger partial charge in [-0.2, -0.15) is 20.9 Å². The molecular formula is C84H78F5N15O12. The number of nitrogens with zero attached hydrogens (tertiary/aromatic N) is 12. The number of hydrogen-bond acceptors (Lipinski definition) is 20. The number of hydrogen-bond donors (Lipinski definition) is 6. The highest BCUT2D eigenvalue weighted by Gasteiger charge is 2.51. The van der Waals surface area contributed by atoms with E-state index in [-0.39, 0.29) is 133 Å². The number of ether oxygens (including phenoxy) is 3. The average molecular weight is 1580 g/mol. The van der Waals surface area contributed by atoms with Gasteiger partial charge in [0.25, 0.3) is 0 Å². The van der Waals surface area contributed by atoms with Gasteiger partial charge < -0.3 is 60.2 Å². The molecule has 3 saturated heterocycles. The molecule has 0 unspecified atom stereocenters. The van der Waals surface area contributed by atoms with Crippen molar-refractivity contribution >= 4 is 52.5 Å². The largest absolute Gasteiger partial charge is 0.486 e. The minimum absolute atomic E-state index is 0.00585. The predicted octanol–water partition coefficient (Wildman–Crippen LogP) is 9.74. The Labute approximate surface area is 661 Å². The van der Waals surface area contributed by atoms with Crippen LogP contribution in [0.3, 0.4) is 0 Å². The highest BCUT2D eigenvalue weighted by Crippen LogP contribution is 2.50. The van der Waals surface area contributed by atoms with E-state index >= 15 is 0 Å². The highest BCUT2D eigenvalue weighted by atomic mass is 19.3. The molecule has 0 spiro atoms. The number of alkyl halides is 5. The van der Waals surface area contributed by atoms with Crippen LogP contribution >= 0.6 is 0 Å². The number of pyridine rings is 4. The maximum absolute atomic E-state index is 14.7. The zero-order chi connectivity index (χ0) is 82.0. The van der Waals surface area contributed by atoms with Crippen molar-refractivity contribution in [2.24, 2.45) is 24.8 Å². The Hall–Kier alpha value is -13.1. The molecule has 27 nitrogen and oxygen atoms in total. The smallest absolute Gasteiger partial charge is 0.301 e. The second-order valence-corrected chi connectivity index (χ2v) is 29.0. The predicted molar refractivity (Wildman–Crippen MR) is 408 cm³/mol. The van der Waals surface area contributed by atoms with E-state index in [9.17, 15) is 66.5 Å². The Bertz CT molecular complexity index is 5280. The second kappa shape index (κ2) is 35.5. The molecule has 3 saturated carbocycles. The first kappa shape index (κ1) is 80.9. The minimum atomic E-state index is -3.36. The van der Waals surface area contributed by atoms with Gasteiger partial charge in [0.15, 0.2) is 18.4 Å². The van der Waals surface area contributed by atoms with E-state index in [0.29, 0.717) is 39.6 Å². The molecule has 4 aromatic carbocycles. The monoisotopic (exact) mass is 1580 g/mol. The molecule has 8 heterocycles. The van der Waals surface area contributed by atoms with Crippen LogP contribution in [-0.2, 0) is 35.8 Å². The summed E-state index contributed by atoms with van der Waals surface area (Å²) in [5, 5.41) is 69.0. The van der Waals surface area contributed by atoms with E-state index in [4.69, 9.17) is 29.5 Å². The Morgan fingerprint density at radius 1 is 0.491 bits per heavy atom. The molecule has 9 aromatic rings. The van der Waals surface area contributed by atoms with Crippen molar-refractivity contribution in [3.05, 3.63) is 210 Å². The number of carbonyl (C=O) groups excluding carboxylic acids is 6. The summed E-state index contributed by atoms with van der Waals surface area (Å²) < 4.78 is 92.0. The summed E-state index contributed by atoms with van der Waals surface area (Å²) in [7, 11) is 1.83. The topological polar surface area (TPSA) is 377 Å². The first-order valence-corrected chi connectivity index (χ1v) is 37.4. The lowest BCUT2D eigenvalue weighted by Gasteiger charge is -2.38. The number of nitriles is 3. The number of likely N-dealkylation sites (tertiary alicyclic amines) is 3. The van der Waals surface area contributed by atoms with Gasteiger partial charge >= 0.3 is 11.8 Å². The molecule has 596 valence electrons. The fourth-order valence-corrected chi connectivity index (χ4v) is 14.4. The third-order valence-electron chi connectivity index (χ3n) is 21.0. The van der Waals surface area contributed by atoms with Crippen LogP contribution in [0.15, 0.2) is 177 Å². The van der Waals surface area contributed by atoms with Gasteiger partial charge in [-0.05, 0) is 162 Å². The van der Waals surface area contributed by atoms with Gasteiger partial charge in [0.05, 0.1) is 53.9 Å². The van der Waals surface area contributed by atoms with Crippen molar-refractivity contribution in [3.8, 4) is 69.1 Å². The normalized spacial score (nSPS) is 21.8. The van der Waals surface area contributed by atoms with E-state index in [1.54, 1.807) is 90.3 Å². The standard InChI is InChI=1S/C29H27FN4O4.C28H25F2N5O4.C27H26F2N6O4/c30-25-16-34(28(36)17-35)10-8-27(25)38-26-7-6-19(11-21(26)14-31)18-3-1-5-22(12-18)33-29(37)24-13-23(24)20-4-2-9-32-15-20;29-28(30)16-35(26(37)15-36)9-6-25(28)39-24-4-3-17(10-19(24)13-31)23-11-20(5-8-33-23)34-27(38)22-12-21(22)18-2-1-7-32-14-18;1-34-13-18(12-32-34)20-10-21(20)26(38)33-19-4-6-31-22(9-19)16-2-3-23(17(8-16)11-30)39-24-5-7-35(25(37)14-36)15-27(24,28)29/h1-7,9,11-12,15,23-25,27,35H,8,10,13,16-17H2,(H,33,37);1-5,7-8,10-11,14,21-22,25,36H,6,9,12,15-16H2,(H,33,34,38);2-4,6,8-9,12-13,20-21,24,36H,5,7,10,14-15H2,1H3,(H,31,33,38)/t23-,24+,25+,27-;21-,22+,25-;20-,21+,24-/m000/s1. The van der Waals surface area contributed by atoms with Gasteiger partial charge in [-0.15, -0.1) is 0 Å². The first-order chi connectivity index (χ1) is 55.9. The number of carbonyl (C=O) groups is 6. The van der Waals surface area contributed by atoms with Crippen molar-refractivity contribution in [1.29, 1.82) is 15.8 Å². The number of aromatic nitrogens is 6. The van der Waals surface area contributed by atoms with Crippen LogP contribution in [-0.4, -0.2) is 191 Å². The molecule has 6 N–H and O–H groups in total. The molecular weight excluding hydrogens is 1510 g/mol. The third kappa shape index (κ3) is 19.4. The molecule has 3 aliphatic heterocycles. The molecule has 116 heavy (non-hydrogen) atoms. The zero-order valence-corrected chi connectivity index (χ0v) is 62.4. The molecule has 3 aliphatic carbocycles. The lowest BCUT2D eigenvalue weighted by molar-refractivity contribution is -0.162. The summed E-state index contributed by atoms with van der Waals surface area (Å²) in [4.78, 5) is 93.1. The number of amides is 6. The maximum Gasteiger partial charge on any atom is 0.301 e. The van der Waals surface area contributed by atoms with E-state index in [2.05, 4.69) is 47.1 Å². The minimum Gasteiger partial charge on any atom is -0.486 e. The third-order valence-corrected chi connectivity index (χ3v) is 21.0. The first-order valence-electron chi connectivity index (χ1n) is 37.4. The molecule has 5 aromatic heterocycles. The molecule has 10 atom stereocenters. The van der Waals surface area contributed by atoms with Crippen LogP contribution in [0.5, 0.6) is 17.2 Å². The summed E-state index contributed by atoms with van der Waals surface area (Å²) in [5.41, 5.74) is 8.85. The molecule has 0 bridgehead atoms. The molecule has 6 fully saturated rings. The van der Waals surface area contributed by atoms with Crippen molar-refractivity contribution in [2.45, 2.75) is 92.6 Å². The van der Waals surface area contributed by atoms with Crippen molar-refractivity contribution in [3.63, 3.8) is 0 Å². The molecule has 32 heteroatoms. The van der Waals surface area contributed by atoms with E-state index in [0.717, 1.165) is 56.9 Å². The van der Waals surface area contributed by atoms with E-state index in [1.165, 1.54) is 41.6 Å². The van der Waals surface area contributed by atoms with Crippen molar-refractivity contribution < 1.29 is 80.2 Å². The van der Waals surface area contributed by atoms with Gasteiger partial charge in [0.2, 0.25) is 35.4 Å². The Kier molecular flexibility index (Phi) is 24.8. The molecule has 0 radical (unpaired) electrons. The lowest BCUT2D eigenvalue weighted by atomic mass is 10.0. The van der Waals surface area contributed by atoms with Crippen molar-refractivity contribution in [1.82, 2.24) is 44.4 Å². The number of halogens is 5. The maximum atomic E-state index is 14.7. The van der Waals surface area contributed by atoms with Crippen LogP contribution in [0, 0.1) is 51.7 Å². The van der Waals surface area contributed by atoms with Crippen LogP contribution < -0.4 is 30.2 Å². The number of aryl methyl sites for hydroxylation is 1. The fourth-order valence-electron chi connectivity index (χ4n) is 14.4. The molecule has 6 amide bonds. The van der Waals surface area contributed by atoms with E-state index < -0.39 is 87.0 Å². The Morgan fingerprint density at radius 3 is 1.34 bits per heavy atom. The lowest BCUT2D eigenvalue weighted by Crippen LogP contribution is -2.55. The number of rotatable bonds is 21. The Balaban J connectivity index is 0.000000151. The summed E-state index contributed by atoms with van der Waals surface area (Å²) in [6.07, 6.45) is 10.7. The summed E-state index contributed by atoms with van der Waals surface area (Å²) in [6.45, 7) is -3.96. The highest BCUT2D eigenvalue weighted by molar-refractivity contribution is 5.97. The van der Waals surface area contributed by atoms with Crippen LogP contribution in [0.2, 0.25) is 0 Å².